The minimum atomic E-state index is -1.23. The number of rotatable bonds is 20. The first kappa shape index (κ1) is 49.1. The van der Waals surface area contributed by atoms with Crippen LogP contribution < -0.4 is 5.32 Å². The number of aliphatic imine (C=N–C) groups is 3. The van der Waals surface area contributed by atoms with Crippen LogP contribution >= 0.6 is 0 Å². The third kappa shape index (κ3) is 10.8. The van der Waals surface area contributed by atoms with E-state index in [0.29, 0.717) is 81.0 Å². The lowest BCUT2D eigenvalue weighted by Gasteiger charge is -2.19. The maximum absolute atomic E-state index is 14.4. The molecule has 0 aromatic carbocycles. The molecule has 8 bridgehead atoms. The Morgan fingerprint density at radius 3 is 2.25 bits per heavy atom. The minimum Gasteiger partial charge on any atom is -0.515 e. The number of allylic oxidation sites excluding steroid dienone is 12. The first-order chi connectivity index (χ1) is 31.1. The Kier molecular flexibility index (Phi) is 16.4. The van der Waals surface area contributed by atoms with Gasteiger partial charge < -0.3 is 19.9 Å². The molecule has 5 heterocycles. The van der Waals surface area contributed by atoms with Gasteiger partial charge in [0, 0.05) is 51.9 Å². The molecule has 6 aliphatic rings. The van der Waals surface area contributed by atoms with Gasteiger partial charge in [0.25, 0.3) is 0 Å². The highest BCUT2D eigenvalue weighted by molar-refractivity contribution is 6.42. The van der Waals surface area contributed by atoms with Gasteiger partial charge in [-0.25, -0.2) is 15.0 Å². The highest BCUT2D eigenvalue weighted by atomic mass is 16.5. The fourth-order valence-electron chi connectivity index (χ4n) is 10.1. The second-order valence-corrected chi connectivity index (χ2v) is 19.4. The average molecular weight is 885 g/mol. The number of fused-ring (bicyclic) bond motifs is 5. The molecule has 10 heteroatoms. The third-order valence-corrected chi connectivity index (χ3v) is 14.2. The number of esters is 2. The van der Waals surface area contributed by atoms with Crippen molar-refractivity contribution in [3.05, 3.63) is 116 Å². The van der Waals surface area contributed by atoms with Crippen molar-refractivity contribution in [1.82, 2.24) is 5.32 Å². The zero-order chi connectivity index (χ0) is 47.1. The number of carbonyl (C=O) groups is 3. The van der Waals surface area contributed by atoms with Crippen LogP contribution in [0.3, 0.4) is 0 Å². The van der Waals surface area contributed by atoms with Crippen molar-refractivity contribution < 1.29 is 29.0 Å². The van der Waals surface area contributed by atoms with Gasteiger partial charge in [0.15, 0.2) is 5.78 Å². The Balaban J connectivity index is 1.21. The normalized spacial score (nSPS) is 23.2. The molecule has 1 saturated heterocycles. The first-order valence-electron chi connectivity index (χ1n) is 24.1. The van der Waals surface area contributed by atoms with Crippen molar-refractivity contribution in [3.8, 4) is 0 Å². The molecule has 6 rings (SSSR count). The molecule has 0 radical (unpaired) electrons. The van der Waals surface area contributed by atoms with E-state index < -0.39 is 11.9 Å². The van der Waals surface area contributed by atoms with Crippen molar-refractivity contribution >= 4 is 34.9 Å². The molecule has 5 atom stereocenters. The highest BCUT2D eigenvalue weighted by Crippen LogP contribution is 2.47. The summed E-state index contributed by atoms with van der Waals surface area (Å²) >= 11 is 0. The van der Waals surface area contributed by atoms with Gasteiger partial charge in [0.2, 0.25) is 0 Å². The molecular weight excluding hydrogens is 813 g/mol. The van der Waals surface area contributed by atoms with E-state index in [4.69, 9.17) is 24.5 Å². The summed E-state index contributed by atoms with van der Waals surface area (Å²) in [4.78, 5) is 56.5. The molecule has 1 saturated carbocycles. The number of aliphatic hydroxyl groups excluding tert-OH is 1. The molecule has 10 nitrogen and oxygen atoms in total. The molecule has 2 fully saturated rings. The van der Waals surface area contributed by atoms with Crippen molar-refractivity contribution in [1.29, 1.82) is 0 Å². The molecule has 1 aliphatic carbocycles. The van der Waals surface area contributed by atoms with E-state index >= 15 is 0 Å². The molecule has 0 aromatic heterocycles. The van der Waals surface area contributed by atoms with E-state index in [2.05, 4.69) is 53.4 Å². The number of hydrogen-bond acceptors (Lipinski definition) is 10. The average Bonchev–Trinajstić information content (AvgIpc) is 4.02. The Morgan fingerprint density at radius 2 is 1.60 bits per heavy atom. The fraction of sp³-hybridized carbons (Fsp3) is 0.527. The fourth-order valence-corrected chi connectivity index (χ4v) is 10.1. The summed E-state index contributed by atoms with van der Waals surface area (Å²) in [7, 11) is 1.29. The molecule has 348 valence electrons. The Morgan fingerprint density at radius 1 is 0.908 bits per heavy atom. The topological polar surface area (TPSA) is 139 Å². The van der Waals surface area contributed by atoms with Crippen LogP contribution in [0.2, 0.25) is 0 Å². The van der Waals surface area contributed by atoms with Gasteiger partial charge >= 0.3 is 11.9 Å². The summed E-state index contributed by atoms with van der Waals surface area (Å²) in [5.74, 6) is -0.732. The number of methoxy groups -OCH3 is 1. The molecule has 5 aliphatic heterocycles. The number of hydrogen-bond donors (Lipinski definition) is 2. The largest absolute Gasteiger partial charge is 0.515 e. The number of ketones is 1. The second kappa shape index (κ2) is 21.7. The van der Waals surface area contributed by atoms with Gasteiger partial charge in [-0.3, -0.25) is 14.4 Å². The van der Waals surface area contributed by atoms with Crippen molar-refractivity contribution in [2.24, 2.45) is 50.5 Å². The predicted molar refractivity (Wildman–Crippen MR) is 262 cm³/mol. The van der Waals surface area contributed by atoms with E-state index in [1.807, 2.05) is 45.1 Å². The van der Waals surface area contributed by atoms with Crippen LogP contribution in [-0.2, 0) is 23.9 Å². The second-order valence-electron chi connectivity index (χ2n) is 19.4. The summed E-state index contributed by atoms with van der Waals surface area (Å²) in [5.41, 5.74) is 10.9. The number of ether oxygens (including phenoxy) is 2. The smallest absolute Gasteiger partial charge is 0.321 e. The van der Waals surface area contributed by atoms with E-state index in [1.165, 1.54) is 57.6 Å². The van der Waals surface area contributed by atoms with Crippen LogP contribution in [0.15, 0.2) is 131 Å². The maximum Gasteiger partial charge on any atom is 0.321 e. The monoisotopic (exact) mass is 885 g/mol. The van der Waals surface area contributed by atoms with Gasteiger partial charge in [0.05, 0.1) is 47.6 Å². The van der Waals surface area contributed by atoms with Gasteiger partial charge in [0.1, 0.15) is 12.5 Å². The van der Waals surface area contributed by atoms with Crippen LogP contribution in [0.5, 0.6) is 0 Å². The Hall–Kier alpha value is -5.38. The minimum absolute atomic E-state index is 0.139. The summed E-state index contributed by atoms with van der Waals surface area (Å²) in [6, 6.07) is 0. The predicted octanol–water partition coefficient (Wildman–Crippen LogP) is 12.1. The van der Waals surface area contributed by atoms with Gasteiger partial charge in [-0.05, 0) is 105 Å². The molecule has 65 heavy (non-hydrogen) atoms. The van der Waals surface area contributed by atoms with Gasteiger partial charge in [-0.1, -0.05) is 105 Å². The van der Waals surface area contributed by atoms with E-state index in [1.54, 1.807) is 6.08 Å². The number of Topliss-reactive ketones (excluding diaryl/α,β-unsaturated/α-hetero) is 1. The Bertz CT molecular complexity index is 2350. The van der Waals surface area contributed by atoms with Crippen LogP contribution in [0.25, 0.3) is 0 Å². The third-order valence-electron chi connectivity index (χ3n) is 14.2. The molecular formula is C55H72N4O6. The lowest BCUT2D eigenvalue weighted by molar-refractivity contribution is -0.146. The summed E-state index contributed by atoms with van der Waals surface area (Å²) in [5, 5.41) is 14.1. The number of aliphatic hydroxyl groups is 1. The molecule has 0 unspecified atom stereocenters. The maximum atomic E-state index is 14.4. The van der Waals surface area contributed by atoms with Crippen molar-refractivity contribution in [2.45, 2.75) is 139 Å². The van der Waals surface area contributed by atoms with Gasteiger partial charge in [-0.15, -0.1) is 0 Å². The van der Waals surface area contributed by atoms with Crippen LogP contribution in [0.1, 0.15) is 139 Å². The van der Waals surface area contributed by atoms with Gasteiger partial charge in [-0.2, -0.15) is 0 Å². The summed E-state index contributed by atoms with van der Waals surface area (Å²) < 4.78 is 11.0. The van der Waals surface area contributed by atoms with E-state index in [0.717, 1.165) is 53.4 Å². The van der Waals surface area contributed by atoms with E-state index in [-0.39, 0.29) is 36.6 Å². The lowest BCUT2D eigenvalue weighted by Crippen LogP contribution is -2.26. The first-order valence-corrected chi connectivity index (χ1v) is 24.1. The van der Waals surface area contributed by atoms with E-state index in [9.17, 15) is 19.5 Å². The number of nitrogens with one attached hydrogen (secondary N) is 1. The lowest BCUT2D eigenvalue weighted by atomic mass is 9.85. The van der Waals surface area contributed by atoms with Crippen LogP contribution in [0.4, 0.5) is 0 Å². The summed E-state index contributed by atoms with van der Waals surface area (Å²) in [6.07, 6.45) is 22.9. The summed E-state index contributed by atoms with van der Waals surface area (Å²) in [6.45, 7) is 23.7. The number of carbonyl (C=O) groups excluding carboxylic acids is 3. The van der Waals surface area contributed by atoms with Crippen molar-refractivity contribution in [2.75, 3.05) is 13.7 Å². The molecule has 0 amide bonds. The zero-order valence-electron chi connectivity index (χ0n) is 40.7. The number of nitrogens with zero attached hydrogens (tertiary/aromatic N) is 3. The SMILES string of the molecule is C=CC1=C(C)C2=NC1=CC1=NC(=C(CC)/C1=C/O)C=C1N=C3C(=C1C)C(=O)[C@H](C(=O)OC)C3=C1NC(=C2)[C@@H](C)[C@@H]1CCC(=O)OC/C=C(\C)CCC[C@H](C)CCC[C@H](C)CCCC(C)C. The molecule has 0 spiro atoms. The highest BCUT2D eigenvalue weighted by Gasteiger charge is 2.52. The van der Waals surface area contributed by atoms with Crippen LogP contribution in [-0.4, -0.2) is 53.7 Å². The quantitative estimate of drug-likeness (QED) is 0.0537. The molecule has 0 aromatic rings. The Labute approximate surface area is 387 Å². The zero-order valence-corrected chi connectivity index (χ0v) is 40.7. The molecule has 2 N–H and O–H groups in total. The van der Waals surface area contributed by atoms with Crippen molar-refractivity contribution in [3.63, 3.8) is 0 Å². The van der Waals surface area contributed by atoms with Crippen LogP contribution in [0, 0.1) is 35.5 Å². The standard InChI is InChI=1S/C55H72N4O6/c1-12-38-35(8)42-27-43-36(9)40(23-24-48(61)65-26-25-34(7)22-16-21-33(6)20-15-19-32(5)18-14-17-31(3)4)52(58-43)50-51(55(63)64-11)54(62)49-37(10)44(59-53(49)50)28-46-39(13-2)41(30-60)47(57-46)29-45(38)56-42/h12,25,27-33,36,40,51,58,60H,1,13-24,26H2,2-11H3/b34-25+,41-30-,43-27?,44-28?,45-29?,52-50?/t32-,33-,36+,40+,51-/m1/s1.